The molecule has 1 saturated heterocycles. The van der Waals surface area contributed by atoms with Gasteiger partial charge in [0.25, 0.3) is 11.8 Å². The van der Waals surface area contributed by atoms with Gasteiger partial charge in [-0.1, -0.05) is 48.5 Å². The maximum Gasteiger partial charge on any atom is 0.262 e. The van der Waals surface area contributed by atoms with Crippen molar-refractivity contribution in [1.82, 2.24) is 4.90 Å². The first kappa shape index (κ1) is 21.1. The molecule has 2 heterocycles. The fourth-order valence-electron chi connectivity index (χ4n) is 3.81. The van der Waals surface area contributed by atoms with E-state index in [1.54, 1.807) is 12.1 Å². The highest BCUT2D eigenvalue weighted by Gasteiger charge is 2.27. The third-order valence-corrected chi connectivity index (χ3v) is 6.66. The Morgan fingerprint density at radius 1 is 0.968 bits per heavy atom. The summed E-state index contributed by atoms with van der Waals surface area (Å²) in [6.45, 7) is 3.38. The maximum absolute atomic E-state index is 13.4. The topological polar surface area (TPSA) is 58.6 Å². The Hall–Kier alpha value is -3.12. The Balaban J connectivity index is 1.60. The highest BCUT2D eigenvalue weighted by atomic mass is 32.1. The van der Waals surface area contributed by atoms with Gasteiger partial charge >= 0.3 is 0 Å². The Morgan fingerprint density at radius 2 is 1.61 bits per heavy atom. The third kappa shape index (κ3) is 4.97. The van der Waals surface area contributed by atoms with E-state index in [4.69, 9.17) is 4.74 Å². The Bertz CT molecular complexity index is 1040. The van der Waals surface area contributed by atoms with Crippen LogP contribution in [0.4, 0.5) is 5.00 Å². The largest absolute Gasteiger partial charge is 0.484 e. The zero-order valence-electron chi connectivity index (χ0n) is 17.6. The number of nitrogens with zero attached hydrogens (tertiary/aromatic N) is 1. The van der Waals surface area contributed by atoms with Gasteiger partial charge in [0.05, 0.1) is 5.56 Å². The smallest absolute Gasteiger partial charge is 0.262 e. The molecule has 0 aliphatic carbocycles. The second-order valence-corrected chi connectivity index (χ2v) is 8.65. The summed E-state index contributed by atoms with van der Waals surface area (Å²) in [5.74, 6) is 0.349. The summed E-state index contributed by atoms with van der Waals surface area (Å²) >= 11 is 1.45. The van der Waals surface area contributed by atoms with Crippen LogP contribution in [0.25, 0.3) is 10.4 Å². The van der Waals surface area contributed by atoms with Gasteiger partial charge in [-0.25, -0.2) is 0 Å². The minimum absolute atomic E-state index is 0.00471. The van der Waals surface area contributed by atoms with Crippen molar-refractivity contribution in [1.29, 1.82) is 0 Å². The number of benzene rings is 2. The van der Waals surface area contributed by atoms with Crippen LogP contribution in [0.1, 0.15) is 35.2 Å². The number of nitrogens with one attached hydrogen (secondary N) is 1. The van der Waals surface area contributed by atoms with Crippen LogP contribution in [0.2, 0.25) is 0 Å². The first-order valence-corrected chi connectivity index (χ1v) is 11.4. The molecule has 2 amide bonds. The zero-order chi connectivity index (χ0) is 21.6. The molecule has 31 heavy (non-hydrogen) atoms. The monoisotopic (exact) mass is 434 g/mol. The normalized spacial score (nSPS) is 13.6. The quantitative estimate of drug-likeness (QED) is 0.568. The lowest BCUT2D eigenvalue weighted by Crippen LogP contribution is -2.36. The van der Waals surface area contributed by atoms with Crippen LogP contribution in [0.3, 0.4) is 0 Å². The van der Waals surface area contributed by atoms with Gasteiger partial charge in [-0.15, -0.1) is 11.3 Å². The van der Waals surface area contributed by atoms with E-state index in [2.05, 4.69) is 5.32 Å². The molecule has 4 rings (SSSR count). The Labute approximate surface area is 186 Å². The maximum atomic E-state index is 13.4. The molecule has 6 heteroatoms. The third-order valence-electron chi connectivity index (χ3n) is 5.41. The van der Waals surface area contributed by atoms with Crippen LogP contribution in [0.15, 0.2) is 60.7 Å². The molecule has 1 aliphatic rings. The number of para-hydroxylation sites is 1. The molecule has 0 radical (unpaired) electrons. The van der Waals surface area contributed by atoms with Gasteiger partial charge in [-0.2, -0.15) is 0 Å². The van der Waals surface area contributed by atoms with Gasteiger partial charge in [0.2, 0.25) is 0 Å². The van der Waals surface area contributed by atoms with E-state index in [9.17, 15) is 9.59 Å². The van der Waals surface area contributed by atoms with Crippen molar-refractivity contribution in [2.75, 3.05) is 25.0 Å². The van der Waals surface area contributed by atoms with Crippen molar-refractivity contribution in [3.05, 3.63) is 71.8 Å². The van der Waals surface area contributed by atoms with E-state index < -0.39 is 0 Å². The molecule has 1 fully saturated rings. The number of hydrogen-bond donors (Lipinski definition) is 1. The lowest BCUT2D eigenvalue weighted by Gasteiger charge is -2.27. The number of likely N-dealkylation sites (tertiary alicyclic amines) is 1. The fourth-order valence-corrected chi connectivity index (χ4v) is 5.03. The van der Waals surface area contributed by atoms with Gasteiger partial charge in [-0.05, 0) is 49.4 Å². The van der Waals surface area contributed by atoms with Crippen LogP contribution in [0.5, 0.6) is 5.75 Å². The van der Waals surface area contributed by atoms with E-state index >= 15 is 0 Å². The standard InChI is InChI=1S/C25H26N2O3S/c1-18-22(25(29)27-15-9-4-10-16-27)24(31-23(18)19-11-5-2-6-12-19)26-21(28)17-30-20-13-7-3-8-14-20/h2-3,5-8,11-14H,4,9-10,15-17H2,1H3,(H,26,28). The summed E-state index contributed by atoms with van der Waals surface area (Å²) in [5, 5.41) is 3.53. The lowest BCUT2D eigenvalue weighted by atomic mass is 10.0. The van der Waals surface area contributed by atoms with Crippen molar-refractivity contribution in [3.8, 4) is 16.2 Å². The highest BCUT2D eigenvalue weighted by molar-refractivity contribution is 7.20. The van der Waals surface area contributed by atoms with E-state index in [1.807, 2.05) is 60.4 Å². The van der Waals surface area contributed by atoms with Crippen LogP contribution in [-0.4, -0.2) is 36.4 Å². The number of hydrogen-bond acceptors (Lipinski definition) is 4. The number of rotatable bonds is 6. The lowest BCUT2D eigenvalue weighted by molar-refractivity contribution is -0.118. The Kier molecular flexibility index (Phi) is 6.67. The number of thiophene rings is 1. The van der Waals surface area contributed by atoms with Crippen molar-refractivity contribution in [2.24, 2.45) is 0 Å². The molecule has 1 aromatic heterocycles. The van der Waals surface area contributed by atoms with Gasteiger partial charge in [0, 0.05) is 18.0 Å². The Morgan fingerprint density at radius 3 is 2.29 bits per heavy atom. The number of anilines is 1. The second kappa shape index (κ2) is 9.79. The number of amides is 2. The van der Waals surface area contributed by atoms with Crippen molar-refractivity contribution < 1.29 is 14.3 Å². The number of carbonyl (C=O) groups is 2. The fraction of sp³-hybridized carbons (Fsp3) is 0.280. The number of piperidine rings is 1. The van der Waals surface area contributed by atoms with Gasteiger partial charge in [0.15, 0.2) is 6.61 Å². The molecule has 1 N–H and O–H groups in total. The second-order valence-electron chi connectivity index (χ2n) is 7.63. The van der Waals surface area contributed by atoms with Crippen LogP contribution < -0.4 is 10.1 Å². The molecule has 0 unspecified atom stereocenters. The molecule has 0 atom stereocenters. The summed E-state index contributed by atoms with van der Waals surface area (Å²) in [7, 11) is 0. The van der Waals surface area contributed by atoms with E-state index in [0.29, 0.717) is 16.3 Å². The van der Waals surface area contributed by atoms with Gasteiger partial charge in [-0.3, -0.25) is 9.59 Å². The summed E-state index contributed by atoms with van der Waals surface area (Å²) in [5.41, 5.74) is 2.54. The van der Waals surface area contributed by atoms with E-state index in [1.165, 1.54) is 11.3 Å². The molecule has 1 aliphatic heterocycles. The van der Waals surface area contributed by atoms with Crippen molar-refractivity contribution >= 4 is 28.2 Å². The number of carbonyl (C=O) groups excluding carboxylic acids is 2. The molecule has 3 aromatic rings. The molecular weight excluding hydrogens is 408 g/mol. The molecule has 0 saturated carbocycles. The first-order chi connectivity index (χ1) is 15.1. The molecule has 160 valence electrons. The summed E-state index contributed by atoms with van der Waals surface area (Å²) in [6, 6.07) is 19.2. The average Bonchev–Trinajstić information content (AvgIpc) is 3.14. The minimum Gasteiger partial charge on any atom is -0.484 e. The zero-order valence-corrected chi connectivity index (χ0v) is 18.4. The summed E-state index contributed by atoms with van der Waals surface area (Å²) in [4.78, 5) is 28.9. The molecule has 0 bridgehead atoms. The SMILES string of the molecule is Cc1c(-c2ccccc2)sc(NC(=O)COc2ccccc2)c1C(=O)N1CCCCC1. The molecular formula is C25H26N2O3S. The van der Waals surface area contributed by atoms with Gasteiger partial charge < -0.3 is 15.0 Å². The van der Waals surface area contributed by atoms with E-state index in [0.717, 1.165) is 48.4 Å². The predicted octanol–water partition coefficient (Wildman–Crippen LogP) is 5.37. The summed E-state index contributed by atoms with van der Waals surface area (Å²) < 4.78 is 5.58. The molecule has 0 spiro atoms. The van der Waals surface area contributed by atoms with Crippen LogP contribution >= 0.6 is 11.3 Å². The summed E-state index contributed by atoms with van der Waals surface area (Å²) in [6.07, 6.45) is 3.20. The van der Waals surface area contributed by atoms with Crippen molar-refractivity contribution in [3.63, 3.8) is 0 Å². The van der Waals surface area contributed by atoms with E-state index in [-0.39, 0.29) is 18.4 Å². The predicted molar refractivity (Wildman–Crippen MR) is 125 cm³/mol. The molecule has 5 nitrogen and oxygen atoms in total. The average molecular weight is 435 g/mol. The van der Waals surface area contributed by atoms with Gasteiger partial charge in [0.1, 0.15) is 10.8 Å². The number of ether oxygens (including phenoxy) is 1. The van der Waals surface area contributed by atoms with Crippen LogP contribution in [-0.2, 0) is 4.79 Å². The van der Waals surface area contributed by atoms with Crippen LogP contribution in [0, 0.1) is 6.92 Å². The van der Waals surface area contributed by atoms with Crippen molar-refractivity contribution in [2.45, 2.75) is 26.2 Å². The molecule has 2 aromatic carbocycles. The minimum atomic E-state index is -0.280. The highest BCUT2D eigenvalue weighted by Crippen LogP contribution is 2.40. The first-order valence-electron chi connectivity index (χ1n) is 10.6.